The molecule has 126 valence electrons. The lowest BCUT2D eigenvalue weighted by Gasteiger charge is -1.82. The normalized spacial score (nSPS) is 5.19. The number of benzene rings is 1. The number of aryl methyl sites for hydroxylation is 1. The van der Waals surface area contributed by atoms with Crippen LogP contribution in [0.15, 0.2) is 56.1 Å². The number of hydrogen-bond acceptors (Lipinski definition) is 1. The van der Waals surface area contributed by atoms with Crippen LogP contribution in [0.25, 0.3) is 0 Å². The Morgan fingerprint density at radius 2 is 1.00 bits per heavy atom. The van der Waals surface area contributed by atoms with E-state index in [4.69, 9.17) is 4.79 Å². The summed E-state index contributed by atoms with van der Waals surface area (Å²) in [6, 6.07) is 10.3. The van der Waals surface area contributed by atoms with Gasteiger partial charge >= 0.3 is 0 Å². The van der Waals surface area contributed by atoms with Gasteiger partial charge in [-0.25, -0.2) is 0 Å². The summed E-state index contributed by atoms with van der Waals surface area (Å²) in [6.45, 7) is 26.8. The Bertz CT molecular complexity index is 209. The smallest absolute Gasteiger partial charge is 0.116 e. The third-order valence-corrected chi connectivity index (χ3v) is 0.940. The zero-order valence-corrected chi connectivity index (χ0v) is 16.1. The molecule has 0 aliphatic rings. The summed E-state index contributed by atoms with van der Waals surface area (Å²) < 4.78 is 0. The molecule has 0 atom stereocenters. The van der Waals surface area contributed by atoms with Crippen molar-refractivity contribution in [2.45, 2.75) is 62.3 Å². The van der Waals surface area contributed by atoms with Gasteiger partial charge < -0.3 is 4.79 Å². The Balaban J connectivity index is -0.0000000350. The Morgan fingerprint density at radius 3 is 1.10 bits per heavy atom. The van der Waals surface area contributed by atoms with Crippen LogP contribution in [-0.2, 0) is 4.79 Å². The number of aldehydes is 1. The van der Waals surface area contributed by atoms with Crippen molar-refractivity contribution in [3.05, 3.63) is 61.7 Å². The number of carbonyl (C=O) groups excluding carboxylic acids is 1. The molecule has 0 aliphatic heterocycles. The fourth-order valence-corrected chi connectivity index (χ4v) is 0.534. The first-order valence-electron chi connectivity index (χ1n) is 7.71. The van der Waals surface area contributed by atoms with Crippen molar-refractivity contribution in [1.29, 1.82) is 0 Å². The van der Waals surface area contributed by atoms with Crippen LogP contribution in [-0.4, -0.2) is 6.29 Å². The molecular weight excluding hydrogens is 256 g/mol. The van der Waals surface area contributed by atoms with Gasteiger partial charge in [-0.15, -0.1) is 19.7 Å². The van der Waals surface area contributed by atoms with Crippen molar-refractivity contribution in [1.82, 2.24) is 0 Å². The van der Waals surface area contributed by atoms with Crippen LogP contribution in [0.4, 0.5) is 0 Å². The molecule has 0 radical (unpaired) electrons. The fraction of sp³-hybridized carbons (Fsp3) is 0.450. The fourth-order valence-electron chi connectivity index (χ4n) is 0.534. The number of rotatable bonds is 0. The molecule has 0 spiro atoms. The van der Waals surface area contributed by atoms with E-state index in [0.717, 1.165) is 6.29 Å². The minimum atomic E-state index is 0.750. The van der Waals surface area contributed by atoms with Crippen LogP contribution in [0.3, 0.4) is 0 Å². The zero-order chi connectivity index (χ0) is 18.5. The number of carbonyl (C=O) groups is 1. The summed E-state index contributed by atoms with van der Waals surface area (Å²) in [5, 5.41) is 0. The van der Waals surface area contributed by atoms with Crippen molar-refractivity contribution in [3.8, 4) is 0 Å². The van der Waals surface area contributed by atoms with E-state index in [1.54, 1.807) is 6.08 Å². The highest BCUT2D eigenvalue weighted by molar-refractivity contribution is 5.44. The highest BCUT2D eigenvalue weighted by Crippen LogP contribution is 1.92. The van der Waals surface area contributed by atoms with Crippen LogP contribution in [0.5, 0.6) is 0 Å². The van der Waals surface area contributed by atoms with E-state index in [2.05, 4.69) is 38.8 Å². The Labute approximate surface area is 135 Å². The second kappa shape index (κ2) is 79.1. The molecule has 1 nitrogen and oxygen atoms in total. The third kappa shape index (κ3) is 121. The Morgan fingerprint density at radius 1 is 0.810 bits per heavy atom. The van der Waals surface area contributed by atoms with Crippen LogP contribution in [0, 0.1) is 6.92 Å². The Hall–Kier alpha value is -1.63. The highest BCUT2D eigenvalue weighted by Gasteiger charge is 1.72. The Kier molecular flexibility index (Phi) is 138. The summed E-state index contributed by atoms with van der Waals surface area (Å²) in [5.41, 5.74) is 1.32. The summed E-state index contributed by atoms with van der Waals surface area (Å²) >= 11 is 0. The minimum Gasteiger partial charge on any atom is -0.304 e. The average molecular weight is 297 g/mol. The van der Waals surface area contributed by atoms with Gasteiger partial charge in [-0.3, -0.25) is 0 Å². The molecule has 1 aromatic carbocycles. The molecule has 0 aromatic heterocycles. The first-order chi connectivity index (χ1) is 10.2. The van der Waals surface area contributed by atoms with E-state index in [1.165, 1.54) is 12.5 Å². The van der Waals surface area contributed by atoms with Gasteiger partial charge in [0.15, 0.2) is 0 Å². The molecule has 0 heterocycles. The SMILES string of the molecule is C=C.C=CC.CC.CC.CC.CC=O.Cc1ccccc1. The van der Waals surface area contributed by atoms with Crippen molar-refractivity contribution in [2.75, 3.05) is 0 Å². The lowest BCUT2D eigenvalue weighted by atomic mass is 10.2. The molecule has 0 aliphatic carbocycles. The standard InChI is InChI=1S/C7H8.C3H6.C2H4O.3C2H6.C2H4/c1-7-5-3-2-4-6-7;1-3-2;1-2-3;4*1-2/h2-6H,1H3;3H,1H2,2H3;2H,1H3;3*1-2H3;1-2H2. The largest absolute Gasteiger partial charge is 0.304 e. The van der Waals surface area contributed by atoms with E-state index < -0.39 is 0 Å². The van der Waals surface area contributed by atoms with Gasteiger partial charge in [-0.2, -0.15) is 0 Å². The van der Waals surface area contributed by atoms with Crippen molar-refractivity contribution in [2.24, 2.45) is 0 Å². The molecule has 0 saturated heterocycles. The van der Waals surface area contributed by atoms with E-state index in [1.807, 2.05) is 66.7 Å². The summed E-state index contributed by atoms with van der Waals surface area (Å²) in [6.07, 6.45) is 2.50. The van der Waals surface area contributed by atoms with E-state index in [-0.39, 0.29) is 0 Å². The summed E-state index contributed by atoms with van der Waals surface area (Å²) in [4.78, 5) is 8.81. The van der Waals surface area contributed by atoms with Crippen LogP contribution < -0.4 is 0 Å². The quantitative estimate of drug-likeness (QED) is 0.363. The molecular formula is C20H40O. The molecule has 1 aromatic rings. The molecule has 0 fully saturated rings. The van der Waals surface area contributed by atoms with Gasteiger partial charge in [-0.05, 0) is 20.8 Å². The molecule has 1 heteroatoms. The monoisotopic (exact) mass is 296 g/mol. The topological polar surface area (TPSA) is 17.1 Å². The molecule has 1 rings (SSSR count). The third-order valence-electron chi connectivity index (χ3n) is 0.940. The predicted molar refractivity (Wildman–Crippen MR) is 104 cm³/mol. The van der Waals surface area contributed by atoms with Gasteiger partial charge in [-0.1, -0.05) is 83.5 Å². The molecule has 0 amide bonds. The van der Waals surface area contributed by atoms with Gasteiger partial charge in [0, 0.05) is 0 Å². The van der Waals surface area contributed by atoms with E-state index in [0.29, 0.717) is 0 Å². The van der Waals surface area contributed by atoms with Gasteiger partial charge in [0.1, 0.15) is 6.29 Å². The molecule has 0 bridgehead atoms. The minimum absolute atomic E-state index is 0.750. The zero-order valence-electron chi connectivity index (χ0n) is 16.1. The van der Waals surface area contributed by atoms with Crippen molar-refractivity contribution >= 4 is 6.29 Å². The lowest BCUT2D eigenvalue weighted by Crippen LogP contribution is -1.62. The second-order valence-corrected chi connectivity index (χ2v) is 2.30. The second-order valence-electron chi connectivity index (χ2n) is 2.30. The highest BCUT2D eigenvalue weighted by atomic mass is 16.1. The van der Waals surface area contributed by atoms with Gasteiger partial charge in [0.05, 0.1) is 0 Å². The maximum atomic E-state index is 8.81. The number of allylic oxidation sites excluding steroid dienone is 1. The summed E-state index contributed by atoms with van der Waals surface area (Å²) in [5.74, 6) is 0. The molecule has 0 saturated carbocycles. The van der Waals surface area contributed by atoms with Crippen LogP contribution in [0.2, 0.25) is 0 Å². The first kappa shape index (κ1) is 36.6. The molecule has 0 N–H and O–H groups in total. The van der Waals surface area contributed by atoms with Crippen molar-refractivity contribution < 1.29 is 4.79 Å². The maximum Gasteiger partial charge on any atom is 0.116 e. The molecule has 21 heavy (non-hydrogen) atoms. The van der Waals surface area contributed by atoms with E-state index >= 15 is 0 Å². The van der Waals surface area contributed by atoms with Gasteiger partial charge in [0.25, 0.3) is 0 Å². The van der Waals surface area contributed by atoms with Crippen LogP contribution >= 0.6 is 0 Å². The predicted octanol–water partition coefficient (Wildman–Crippen LogP) is 7.27. The summed E-state index contributed by atoms with van der Waals surface area (Å²) in [7, 11) is 0. The molecule has 0 unspecified atom stereocenters. The van der Waals surface area contributed by atoms with Crippen molar-refractivity contribution in [3.63, 3.8) is 0 Å². The lowest BCUT2D eigenvalue weighted by molar-refractivity contribution is -0.106. The average Bonchev–Trinajstić information content (AvgIpc) is 2.57. The maximum absolute atomic E-state index is 8.81. The van der Waals surface area contributed by atoms with E-state index in [9.17, 15) is 0 Å². The first-order valence-corrected chi connectivity index (χ1v) is 7.71. The van der Waals surface area contributed by atoms with Gasteiger partial charge in [0.2, 0.25) is 0 Å². The van der Waals surface area contributed by atoms with Crippen LogP contribution in [0.1, 0.15) is 61.0 Å². The number of hydrogen-bond donors (Lipinski definition) is 0.